The molecule has 0 aromatic rings. The molecule has 0 aliphatic carbocycles. The maximum absolute atomic E-state index is 11.3. The molecule has 19 heavy (non-hydrogen) atoms. The molecule has 0 saturated carbocycles. The summed E-state index contributed by atoms with van der Waals surface area (Å²) in [7, 11) is 0. The zero-order valence-electron chi connectivity index (χ0n) is 12.0. The first kappa shape index (κ1) is 20.2. The predicted molar refractivity (Wildman–Crippen MR) is 56.7 cm³/mol. The normalized spacial score (nSPS) is 12.5. The monoisotopic (exact) mass is 286 g/mol. The smallest absolute Gasteiger partial charge is 1.00 e. The zero-order valence-corrected chi connectivity index (χ0v) is 13.0. The summed E-state index contributed by atoms with van der Waals surface area (Å²) in [6.45, 7) is 2.43. The molecule has 0 spiro atoms. The molecule has 0 amide bonds. The summed E-state index contributed by atoms with van der Waals surface area (Å²) in [4.78, 5) is 43.8. The van der Waals surface area contributed by atoms with Crippen LogP contribution in [0.5, 0.6) is 0 Å². The van der Waals surface area contributed by atoms with Crippen LogP contribution in [0.25, 0.3) is 0 Å². The van der Waals surface area contributed by atoms with Gasteiger partial charge in [0.25, 0.3) is 0 Å². The Morgan fingerprint density at radius 2 is 1.68 bits per heavy atom. The van der Waals surface area contributed by atoms with E-state index < -0.39 is 42.3 Å². The minimum Gasteiger partial charge on any atom is -1.00 e. The Labute approximate surface area is 132 Å². The number of aliphatic carboxylic acids is 2. The van der Waals surface area contributed by atoms with Crippen LogP contribution in [0.4, 0.5) is 0 Å². The third-order valence-corrected chi connectivity index (χ3v) is 1.90. The fourth-order valence-corrected chi connectivity index (χ4v) is 1.29. The summed E-state index contributed by atoms with van der Waals surface area (Å²) in [5.41, 5.74) is -2.44. The van der Waals surface area contributed by atoms with E-state index in [2.05, 4.69) is 9.47 Å². The van der Waals surface area contributed by atoms with Gasteiger partial charge in [-0.2, -0.15) is 0 Å². The third-order valence-electron chi connectivity index (χ3n) is 1.90. The molecule has 0 aromatic carbocycles. The Balaban J connectivity index is -0.00000144. The number of carboxylic acids is 2. The van der Waals surface area contributed by atoms with Crippen molar-refractivity contribution in [2.24, 2.45) is 0 Å². The largest absolute Gasteiger partial charge is 1.00 e. The molecule has 0 fully saturated rings. The van der Waals surface area contributed by atoms with Gasteiger partial charge in [-0.1, -0.05) is 0 Å². The molecular weight excluding hydrogens is 271 g/mol. The molecule has 0 bridgehead atoms. The van der Waals surface area contributed by atoms with Crippen LogP contribution in [0.2, 0.25) is 0 Å². The summed E-state index contributed by atoms with van der Waals surface area (Å²) in [6.07, 6.45) is -1.89. The minimum atomic E-state index is -2.44. The summed E-state index contributed by atoms with van der Waals surface area (Å²) in [5.74, 6) is -5.18. The van der Waals surface area contributed by atoms with Crippen LogP contribution < -0.4 is 29.6 Å². The molecule has 0 aliphatic rings. The van der Waals surface area contributed by atoms with Crippen LogP contribution in [0.1, 0.15) is 28.1 Å². The topological polar surface area (TPSA) is 127 Å². The molecule has 0 saturated heterocycles. The van der Waals surface area contributed by atoms with Crippen molar-refractivity contribution in [2.45, 2.75) is 32.3 Å². The first-order valence-electron chi connectivity index (χ1n) is 5.04. The van der Waals surface area contributed by atoms with Crippen molar-refractivity contribution < 1.29 is 69.8 Å². The Morgan fingerprint density at radius 3 is 2.00 bits per heavy atom. The second-order valence-electron chi connectivity index (χ2n) is 3.45. The van der Waals surface area contributed by atoms with Crippen LogP contribution in [0.3, 0.4) is 0 Å². The van der Waals surface area contributed by atoms with E-state index in [-0.39, 0.29) is 37.6 Å². The molecule has 0 heterocycles. The van der Waals surface area contributed by atoms with Crippen molar-refractivity contribution in [2.75, 3.05) is 6.61 Å². The number of carboxylic acid groups (broad SMARTS) is 2. The van der Waals surface area contributed by atoms with Crippen LogP contribution >= 0.6 is 0 Å². The van der Waals surface area contributed by atoms with Crippen LogP contribution in [-0.2, 0) is 28.7 Å². The van der Waals surface area contributed by atoms with Crippen molar-refractivity contribution in [1.29, 1.82) is 0 Å². The van der Waals surface area contributed by atoms with Crippen LogP contribution in [0.15, 0.2) is 0 Å². The molecular formula is C10H15NaO8. The van der Waals surface area contributed by atoms with Gasteiger partial charge < -0.3 is 21.1 Å². The van der Waals surface area contributed by atoms with E-state index in [4.69, 9.17) is 10.2 Å². The second kappa shape index (κ2) is 8.89. The molecule has 0 rings (SSSR count). The number of hydrogen-bond donors (Lipinski definition) is 2. The van der Waals surface area contributed by atoms with Gasteiger partial charge in [0, 0.05) is 6.92 Å². The van der Waals surface area contributed by atoms with Gasteiger partial charge in [0.2, 0.25) is 5.60 Å². The van der Waals surface area contributed by atoms with Crippen molar-refractivity contribution in [1.82, 2.24) is 0 Å². The van der Waals surface area contributed by atoms with E-state index in [1.165, 1.54) is 6.92 Å². The third kappa shape index (κ3) is 7.14. The van der Waals surface area contributed by atoms with Crippen molar-refractivity contribution in [3.8, 4) is 0 Å². The van der Waals surface area contributed by atoms with E-state index >= 15 is 0 Å². The van der Waals surface area contributed by atoms with E-state index in [0.717, 1.165) is 6.92 Å². The van der Waals surface area contributed by atoms with Crippen LogP contribution in [0, 0.1) is 0 Å². The predicted octanol–water partition coefficient (Wildman–Crippen LogP) is -3.08. The van der Waals surface area contributed by atoms with E-state index in [0.29, 0.717) is 0 Å². The minimum absolute atomic E-state index is 0. The van der Waals surface area contributed by atoms with Gasteiger partial charge in [-0.3, -0.25) is 14.4 Å². The van der Waals surface area contributed by atoms with Crippen LogP contribution in [-0.4, -0.2) is 46.3 Å². The standard InChI is InChI=1S/C10H14O8.Na.H/c1-3-17-8(14)5-10(9(15)16,4-7(12)13)18-6(2)11;;/h3-5H2,1-2H3,(H,12,13)(H,15,16);;/q;+1;-1. The van der Waals surface area contributed by atoms with Gasteiger partial charge in [0.1, 0.15) is 0 Å². The van der Waals surface area contributed by atoms with Gasteiger partial charge in [0.15, 0.2) is 0 Å². The quantitative estimate of drug-likeness (QED) is 0.372. The SMILES string of the molecule is CCOC(=O)CC(CC(=O)O)(OC(C)=O)C(=O)O.[H-].[Na+]. The molecule has 1 unspecified atom stereocenters. The van der Waals surface area contributed by atoms with E-state index in [1.807, 2.05) is 0 Å². The number of carbonyl (C=O) groups is 4. The Hall–Kier alpha value is -1.12. The molecule has 0 aromatic heterocycles. The van der Waals surface area contributed by atoms with E-state index in [1.54, 1.807) is 0 Å². The van der Waals surface area contributed by atoms with Crippen molar-refractivity contribution in [3.63, 3.8) is 0 Å². The van der Waals surface area contributed by atoms with Gasteiger partial charge in [-0.15, -0.1) is 0 Å². The fraction of sp³-hybridized carbons (Fsp3) is 0.600. The molecule has 2 N–H and O–H groups in total. The number of rotatable bonds is 7. The van der Waals surface area contributed by atoms with Crippen molar-refractivity contribution >= 4 is 23.9 Å². The summed E-state index contributed by atoms with van der Waals surface area (Å²) >= 11 is 0. The summed E-state index contributed by atoms with van der Waals surface area (Å²) in [5, 5.41) is 17.6. The van der Waals surface area contributed by atoms with Crippen molar-refractivity contribution in [3.05, 3.63) is 0 Å². The Morgan fingerprint density at radius 1 is 1.16 bits per heavy atom. The Kier molecular flexibility index (Phi) is 9.45. The van der Waals surface area contributed by atoms with Gasteiger partial charge >= 0.3 is 53.4 Å². The maximum atomic E-state index is 11.3. The summed E-state index contributed by atoms with van der Waals surface area (Å²) in [6, 6.07) is 0. The maximum Gasteiger partial charge on any atom is 1.00 e. The average Bonchev–Trinajstić information content (AvgIpc) is 2.14. The number of hydrogen-bond acceptors (Lipinski definition) is 6. The zero-order chi connectivity index (χ0) is 14.3. The molecule has 0 radical (unpaired) electrons. The fourth-order valence-electron chi connectivity index (χ4n) is 1.29. The first-order chi connectivity index (χ1) is 8.23. The molecule has 0 aliphatic heterocycles. The van der Waals surface area contributed by atoms with Gasteiger partial charge in [-0.05, 0) is 6.92 Å². The Bertz CT molecular complexity index is 354. The van der Waals surface area contributed by atoms with Gasteiger partial charge in [0.05, 0.1) is 19.4 Å². The molecule has 8 nitrogen and oxygen atoms in total. The molecule has 1 atom stereocenters. The number of ether oxygens (including phenoxy) is 2. The first-order valence-corrected chi connectivity index (χ1v) is 5.04. The molecule has 9 heteroatoms. The van der Waals surface area contributed by atoms with E-state index in [9.17, 15) is 19.2 Å². The number of esters is 2. The number of carbonyl (C=O) groups excluding carboxylic acids is 2. The summed E-state index contributed by atoms with van der Waals surface area (Å²) < 4.78 is 9.03. The second-order valence-corrected chi connectivity index (χ2v) is 3.45. The molecule has 104 valence electrons. The van der Waals surface area contributed by atoms with Gasteiger partial charge in [-0.25, -0.2) is 4.79 Å². The average molecular weight is 286 g/mol.